The van der Waals surface area contributed by atoms with Gasteiger partial charge in [-0.05, 0) is 31.7 Å². The van der Waals surface area contributed by atoms with Crippen LogP contribution >= 0.6 is 0 Å². The number of nitrogens with two attached hydrogens (primary N) is 1. The summed E-state index contributed by atoms with van der Waals surface area (Å²) in [6, 6.07) is 4.98. The average Bonchev–Trinajstić information content (AvgIpc) is 2.22. The molecule has 15 heavy (non-hydrogen) atoms. The van der Waals surface area contributed by atoms with Crippen LogP contribution in [0.2, 0.25) is 0 Å². The zero-order valence-corrected chi connectivity index (χ0v) is 9.16. The molecule has 0 aliphatic carbocycles. The van der Waals surface area contributed by atoms with Crippen molar-refractivity contribution in [2.45, 2.75) is 13.5 Å². The number of benzene rings is 1. The Morgan fingerprint density at radius 3 is 2.73 bits per heavy atom. The first-order valence-corrected chi connectivity index (χ1v) is 4.97. The molecule has 0 fully saturated rings. The van der Waals surface area contributed by atoms with Gasteiger partial charge in [-0.3, -0.25) is 4.90 Å². The van der Waals surface area contributed by atoms with Gasteiger partial charge in [-0.2, -0.15) is 0 Å². The SMILES string of the molecule is CCOc1ccc(CN(C)CN)cc1F. The summed E-state index contributed by atoms with van der Waals surface area (Å²) in [5.74, 6) is -0.0172. The highest BCUT2D eigenvalue weighted by Crippen LogP contribution is 2.18. The third-order valence-electron chi connectivity index (χ3n) is 2.06. The Morgan fingerprint density at radius 2 is 2.20 bits per heavy atom. The highest BCUT2D eigenvalue weighted by molar-refractivity contribution is 5.29. The maximum absolute atomic E-state index is 13.4. The summed E-state index contributed by atoms with van der Waals surface area (Å²) in [7, 11) is 1.88. The summed E-state index contributed by atoms with van der Waals surface area (Å²) in [6.45, 7) is 3.39. The molecule has 0 unspecified atom stereocenters. The minimum absolute atomic E-state index is 0.302. The van der Waals surface area contributed by atoms with Gasteiger partial charge in [0.1, 0.15) is 0 Å². The quantitative estimate of drug-likeness (QED) is 0.753. The monoisotopic (exact) mass is 212 g/mol. The number of hydrogen-bond acceptors (Lipinski definition) is 3. The second-order valence-corrected chi connectivity index (χ2v) is 3.39. The Hall–Kier alpha value is -1.13. The second-order valence-electron chi connectivity index (χ2n) is 3.39. The molecule has 4 heteroatoms. The zero-order chi connectivity index (χ0) is 11.3. The molecule has 84 valence electrons. The lowest BCUT2D eigenvalue weighted by Gasteiger charge is -2.14. The first kappa shape index (κ1) is 11.9. The molecule has 0 aliphatic rings. The van der Waals surface area contributed by atoms with E-state index >= 15 is 0 Å². The molecule has 0 bridgehead atoms. The van der Waals surface area contributed by atoms with Crippen LogP contribution in [0.15, 0.2) is 18.2 Å². The number of halogens is 1. The lowest BCUT2D eigenvalue weighted by molar-refractivity contribution is 0.318. The molecule has 0 radical (unpaired) electrons. The van der Waals surface area contributed by atoms with E-state index in [4.69, 9.17) is 10.5 Å². The predicted molar refractivity (Wildman–Crippen MR) is 58.1 cm³/mol. The fourth-order valence-electron chi connectivity index (χ4n) is 1.29. The summed E-state index contributed by atoms with van der Waals surface area (Å²) in [5.41, 5.74) is 6.34. The van der Waals surface area contributed by atoms with E-state index in [2.05, 4.69) is 0 Å². The van der Waals surface area contributed by atoms with Gasteiger partial charge in [0.2, 0.25) is 0 Å². The van der Waals surface area contributed by atoms with Crippen molar-refractivity contribution < 1.29 is 9.13 Å². The Balaban J connectivity index is 2.73. The first-order valence-electron chi connectivity index (χ1n) is 4.97. The second kappa shape index (κ2) is 5.68. The summed E-state index contributed by atoms with van der Waals surface area (Å²) >= 11 is 0. The minimum Gasteiger partial charge on any atom is -0.491 e. The average molecular weight is 212 g/mol. The molecule has 3 nitrogen and oxygen atoms in total. The summed E-state index contributed by atoms with van der Waals surface area (Å²) in [5, 5.41) is 0. The standard InChI is InChI=1S/C11H17FN2O/c1-3-15-11-5-4-9(6-10(11)12)7-14(2)8-13/h4-6H,3,7-8,13H2,1-2H3. The predicted octanol–water partition coefficient (Wildman–Crippen LogP) is 1.57. The number of rotatable bonds is 5. The Morgan fingerprint density at radius 1 is 1.47 bits per heavy atom. The van der Waals surface area contributed by atoms with Gasteiger partial charge in [0.05, 0.1) is 6.61 Å². The largest absolute Gasteiger partial charge is 0.491 e. The maximum atomic E-state index is 13.4. The normalized spacial score (nSPS) is 10.7. The van der Waals surface area contributed by atoms with Crippen LogP contribution in [-0.4, -0.2) is 25.2 Å². The van der Waals surface area contributed by atoms with Crippen molar-refractivity contribution in [1.82, 2.24) is 4.90 Å². The van der Waals surface area contributed by atoms with Gasteiger partial charge < -0.3 is 10.5 Å². The molecule has 0 aromatic heterocycles. The Labute approximate surface area is 89.6 Å². The van der Waals surface area contributed by atoms with Crippen LogP contribution in [0.25, 0.3) is 0 Å². The molecular formula is C11H17FN2O. The van der Waals surface area contributed by atoms with E-state index < -0.39 is 0 Å². The third kappa shape index (κ3) is 3.49. The molecule has 1 rings (SSSR count). The van der Waals surface area contributed by atoms with Crippen LogP contribution < -0.4 is 10.5 Å². The lowest BCUT2D eigenvalue weighted by Crippen LogP contribution is -2.25. The van der Waals surface area contributed by atoms with Crippen LogP contribution in [0.3, 0.4) is 0 Å². The Bertz CT molecular complexity index is 317. The molecule has 0 heterocycles. The molecular weight excluding hydrogens is 195 g/mol. The summed E-state index contributed by atoms with van der Waals surface area (Å²) in [4.78, 5) is 1.90. The van der Waals surface area contributed by atoms with Crippen molar-refractivity contribution in [3.8, 4) is 5.75 Å². The van der Waals surface area contributed by atoms with E-state index in [0.717, 1.165) is 5.56 Å². The van der Waals surface area contributed by atoms with E-state index in [1.165, 1.54) is 6.07 Å². The first-order chi connectivity index (χ1) is 7.17. The molecule has 2 N–H and O–H groups in total. The van der Waals surface area contributed by atoms with Crippen LogP contribution in [0.1, 0.15) is 12.5 Å². The van der Waals surface area contributed by atoms with E-state index in [-0.39, 0.29) is 5.82 Å². The summed E-state index contributed by atoms with van der Waals surface area (Å²) < 4.78 is 18.5. The van der Waals surface area contributed by atoms with Gasteiger partial charge in [0, 0.05) is 13.2 Å². The van der Waals surface area contributed by atoms with Crippen molar-refractivity contribution in [3.63, 3.8) is 0 Å². The van der Waals surface area contributed by atoms with Gasteiger partial charge in [0.25, 0.3) is 0 Å². The maximum Gasteiger partial charge on any atom is 0.165 e. The van der Waals surface area contributed by atoms with E-state index in [9.17, 15) is 4.39 Å². The highest BCUT2D eigenvalue weighted by atomic mass is 19.1. The van der Waals surface area contributed by atoms with Crippen LogP contribution in [-0.2, 0) is 6.54 Å². The molecule has 1 aromatic rings. The van der Waals surface area contributed by atoms with Gasteiger partial charge in [0.15, 0.2) is 11.6 Å². The van der Waals surface area contributed by atoms with Gasteiger partial charge in [-0.25, -0.2) is 4.39 Å². The van der Waals surface area contributed by atoms with Gasteiger partial charge in [-0.15, -0.1) is 0 Å². The smallest absolute Gasteiger partial charge is 0.165 e. The van der Waals surface area contributed by atoms with Crippen molar-refractivity contribution in [3.05, 3.63) is 29.6 Å². The molecule has 0 saturated carbocycles. The van der Waals surface area contributed by atoms with E-state index in [1.807, 2.05) is 24.9 Å². The van der Waals surface area contributed by atoms with Crippen LogP contribution in [0.4, 0.5) is 4.39 Å². The fourth-order valence-corrected chi connectivity index (χ4v) is 1.29. The lowest BCUT2D eigenvalue weighted by atomic mass is 10.2. The van der Waals surface area contributed by atoms with Crippen molar-refractivity contribution >= 4 is 0 Å². The number of ether oxygens (including phenoxy) is 1. The summed E-state index contributed by atoms with van der Waals surface area (Å²) in [6.07, 6.45) is 0. The molecule has 1 aromatic carbocycles. The number of nitrogens with zero attached hydrogens (tertiary/aromatic N) is 1. The Kier molecular flexibility index (Phi) is 4.52. The molecule has 0 amide bonds. The van der Waals surface area contributed by atoms with E-state index in [1.54, 1.807) is 6.07 Å². The molecule has 0 spiro atoms. The van der Waals surface area contributed by atoms with Crippen LogP contribution in [0.5, 0.6) is 5.75 Å². The molecule has 0 saturated heterocycles. The fraction of sp³-hybridized carbons (Fsp3) is 0.455. The number of hydrogen-bond donors (Lipinski definition) is 1. The topological polar surface area (TPSA) is 38.5 Å². The van der Waals surface area contributed by atoms with Crippen molar-refractivity contribution in [2.75, 3.05) is 20.3 Å². The van der Waals surface area contributed by atoms with Crippen molar-refractivity contribution in [2.24, 2.45) is 5.73 Å². The third-order valence-corrected chi connectivity index (χ3v) is 2.06. The van der Waals surface area contributed by atoms with Gasteiger partial charge in [-0.1, -0.05) is 6.07 Å². The zero-order valence-electron chi connectivity index (χ0n) is 9.16. The molecule has 0 aliphatic heterocycles. The molecule has 0 atom stereocenters. The van der Waals surface area contributed by atoms with E-state index in [0.29, 0.717) is 25.6 Å². The highest BCUT2D eigenvalue weighted by Gasteiger charge is 2.05. The van der Waals surface area contributed by atoms with Crippen molar-refractivity contribution in [1.29, 1.82) is 0 Å². The minimum atomic E-state index is -0.320. The van der Waals surface area contributed by atoms with Crippen LogP contribution in [0, 0.1) is 5.82 Å². The van der Waals surface area contributed by atoms with Gasteiger partial charge >= 0.3 is 0 Å².